The minimum Gasteiger partial charge on any atom is -0.332 e. The fraction of sp³-hybridized carbons (Fsp3) is 0.722. The van der Waals surface area contributed by atoms with E-state index < -0.39 is 10.2 Å². The number of H-pyrrole nitrogens is 1. The predicted octanol–water partition coefficient (Wildman–Crippen LogP) is 0.254. The number of rotatable bonds is 4. The molecule has 1 saturated carbocycles. The van der Waals surface area contributed by atoms with Gasteiger partial charge in [0, 0.05) is 38.7 Å². The summed E-state index contributed by atoms with van der Waals surface area (Å²) in [6.45, 7) is 3.08. The van der Waals surface area contributed by atoms with E-state index in [0.717, 1.165) is 19.3 Å². The van der Waals surface area contributed by atoms with Crippen molar-refractivity contribution in [2.45, 2.75) is 45.2 Å². The van der Waals surface area contributed by atoms with Crippen molar-refractivity contribution in [2.75, 3.05) is 27.2 Å². The molecule has 3 unspecified atom stereocenters. The molecule has 3 aliphatic rings. The van der Waals surface area contributed by atoms with Gasteiger partial charge in [-0.05, 0) is 31.6 Å². The fourth-order valence-electron chi connectivity index (χ4n) is 4.21. The fourth-order valence-corrected chi connectivity index (χ4v) is 5.28. The average Bonchev–Trinajstić information content (AvgIpc) is 3.18. The van der Waals surface area contributed by atoms with E-state index in [-0.39, 0.29) is 36.5 Å². The lowest BCUT2D eigenvalue weighted by molar-refractivity contribution is -0.134. The Balaban J connectivity index is 1.63. The van der Waals surface area contributed by atoms with E-state index in [9.17, 15) is 18.0 Å². The molecule has 9 nitrogen and oxygen atoms in total. The topological polar surface area (TPSA) is 107 Å². The number of amides is 1. The lowest BCUT2D eigenvalue weighted by Crippen LogP contribution is -2.44. The van der Waals surface area contributed by atoms with Crippen molar-refractivity contribution < 1.29 is 13.2 Å². The number of aromatic nitrogens is 2. The molecular formula is C18H27N5O4S. The largest absolute Gasteiger partial charge is 0.332 e. The first-order valence-corrected chi connectivity index (χ1v) is 11.2. The third-order valence-electron chi connectivity index (χ3n) is 6.12. The van der Waals surface area contributed by atoms with Gasteiger partial charge in [0.25, 0.3) is 15.8 Å². The molecule has 2 aliphatic heterocycles. The molecule has 1 aromatic heterocycles. The van der Waals surface area contributed by atoms with Gasteiger partial charge in [0.1, 0.15) is 5.82 Å². The summed E-state index contributed by atoms with van der Waals surface area (Å²) in [5.74, 6) is 1.14. The Morgan fingerprint density at radius 3 is 2.64 bits per heavy atom. The minimum atomic E-state index is -3.57. The van der Waals surface area contributed by atoms with Crippen LogP contribution in [0.3, 0.4) is 0 Å². The van der Waals surface area contributed by atoms with E-state index in [4.69, 9.17) is 0 Å². The van der Waals surface area contributed by atoms with Crippen LogP contribution in [0.2, 0.25) is 0 Å². The lowest BCUT2D eigenvalue weighted by atomic mass is 10.1. The molecule has 3 heterocycles. The normalized spacial score (nSPS) is 27.9. The van der Waals surface area contributed by atoms with Crippen molar-refractivity contribution in [3.05, 3.63) is 27.4 Å². The van der Waals surface area contributed by atoms with Crippen LogP contribution in [0, 0.1) is 11.8 Å². The summed E-state index contributed by atoms with van der Waals surface area (Å²) in [7, 11) is -0.594. The highest BCUT2D eigenvalue weighted by atomic mass is 32.2. The van der Waals surface area contributed by atoms with E-state index >= 15 is 0 Å². The molecule has 0 aromatic carbocycles. The van der Waals surface area contributed by atoms with E-state index in [0.29, 0.717) is 36.0 Å². The smallest absolute Gasteiger partial charge is 0.281 e. The van der Waals surface area contributed by atoms with E-state index in [1.165, 1.54) is 22.7 Å². The maximum atomic E-state index is 12.7. The maximum absolute atomic E-state index is 12.7. The van der Waals surface area contributed by atoms with E-state index in [1.807, 2.05) is 4.90 Å². The van der Waals surface area contributed by atoms with Gasteiger partial charge in [-0.15, -0.1) is 0 Å². The van der Waals surface area contributed by atoms with Crippen molar-refractivity contribution in [3.8, 4) is 0 Å². The standard InChI is InChI=1S/C18H27N5O4S/c1-11-9-13(11)18(25)23-7-4-5-15(23)16-19-14-10-22(28(26,27)21(2)3)8-6-12(14)17(24)20-16/h11,13,15H,4-10H2,1-3H3,(H,19,20,24). The number of aromatic amines is 1. The molecule has 2 fully saturated rings. The number of fused-ring (bicyclic) bond motifs is 1. The lowest BCUT2D eigenvalue weighted by Gasteiger charge is -2.30. The number of likely N-dealkylation sites (tertiary alicyclic amines) is 1. The quantitative estimate of drug-likeness (QED) is 0.767. The highest BCUT2D eigenvalue weighted by Crippen LogP contribution is 2.42. The van der Waals surface area contributed by atoms with E-state index in [2.05, 4.69) is 16.9 Å². The zero-order chi connectivity index (χ0) is 20.2. The summed E-state index contributed by atoms with van der Waals surface area (Å²) in [5.41, 5.74) is 0.816. The molecule has 154 valence electrons. The summed E-state index contributed by atoms with van der Waals surface area (Å²) in [6.07, 6.45) is 2.89. The highest BCUT2D eigenvalue weighted by Gasteiger charge is 2.45. The summed E-state index contributed by atoms with van der Waals surface area (Å²) < 4.78 is 27.4. The molecule has 28 heavy (non-hydrogen) atoms. The Bertz CT molecular complexity index is 957. The zero-order valence-electron chi connectivity index (χ0n) is 16.5. The molecule has 0 radical (unpaired) electrons. The summed E-state index contributed by atoms with van der Waals surface area (Å²) in [6, 6.07) is -0.237. The van der Waals surface area contributed by atoms with Crippen LogP contribution in [0.4, 0.5) is 0 Å². The van der Waals surface area contributed by atoms with Gasteiger partial charge >= 0.3 is 0 Å². The summed E-state index contributed by atoms with van der Waals surface area (Å²) in [4.78, 5) is 34.7. The summed E-state index contributed by atoms with van der Waals surface area (Å²) in [5, 5.41) is 0. The molecule has 10 heteroatoms. The van der Waals surface area contributed by atoms with Gasteiger partial charge in [-0.2, -0.15) is 17.0 Å². The third kappa shape index (κ3) is 3.27. The van der Waals surface area contributed by atoms with Crippen LogP contribution < -0.4 is 5.56 Å². The molecule has 1 aliphatic carbocycles. The van der Waals surface area contributed by atoms with Gasteiger partial charge in [0.15, 0.2) is 0 Å². The van der Waals surface area contributed by atoms with Gasteiger partial charge in [0.05, 0.1) is 18.3 Å². The molecule has 3 atom stereocenters. The number of nitrogens with one attached hydrogen (secondary N) is 1. The van der Waals surface area contributed by atoms with Crippen molar-refractivity contribution in [3.63, 3.8) is 0 Å². The first-order valence-electron chi connectivity index (χ1n) is 9.80. The van der Waals surface area contributed by atoms with Crippen LogP contribution >= 0.6 is 0 Å². The third-order valence-corrected chi connectivity index (χ3v) is 8.01. The molecule has 1 aromatic rings. The van der Waals surface area contributed by atoms with Crippen LogP contribution in [0.5, 0.6) is 0 Å². The maximum Gasteiger partial charge on any atom is 0.281 e. The van der Waals surface area contributed by atoms with Gasteiger partial charge < -0.3 is 9.88 Å². The predicted molar refractivity (Wildman–Crippen MR) is 103 cm³/mol. The minimum absolute atomic E-state index is 0.0765. The Labute approximate surface area is 164 Å². The van der Waals surface area contributed by atoms with Gasteiger partial charge in [-0.3, -0.25) is 9.59 Å². The van der Waals surface area contributed by atoms with Crippen LogP contribution in [0.25, 0.3) is 0 Å². The van der Waals surface area contributed by atoms with Crippen molar-refractivity contribution in [1.29, 1.82) is 0 Å². The molecule has 4 rings (SSSR count). The van der Waals surface area contributed by atoms with Crippen molar-refractivity contribution >= 4 is 16.1 Å². The molecule has 1 N–H and O–H groups in total. The molecular weight excluding hydrogens is 382 g/mol. The highest BCUT2D eigenvalue weighted by molar-refractivity contribution is 7.86. The molecule has 1 amide bonds. The Kier molecular flexibility index (Phi) is 4.83. The van der Waals surface area contributed by atoms with Gasteiger partial charge in [-0.25, -0.2) is 4.98 Å². The van der Waals surface area contributed by atoms with E-state index in [1.54, 1.807) is 0 Å². The number of carbonyl (C=O) groups is 1. The van der Waals surface area contributed by atoms with Crippen LogP contribution in [0.1, 0.15) is 49.3 Å². The van der Waals surface area contributed by atoms with Crippen LogP contribution in [-0.2, 0) is 28.0 Å². The number of nitrogens with zero attached hydrogens (tertiary/aromatic N) is 4. The Hall–Kier alpha value is -1.78. The summed E-state index contributed by atoms with van der Waals surface area (Å²) >= 11 is 0. The van der Waals surface area contributed by atoms with Crippen LogP contribution in [0.15, 0.2) is 4.79 Å². The molecule has 0 spiro atoms. The first kappa shape index (κ1) is 19.5. The second kappa shape index (κ2) is 6.93. The van der Waals surface area contributed by atoms with Gasteiger partial charge in [-0.1, -0.05) is 6.92 Å². The Morgan fingerprint density at radius 2 is 2.00 bits per heavy atom. The Morgan fingerprint density at radius 1 is 1.29 bits per heavy atom. The van der Waals surface area contributed by atoms with Gasteiger partial charge in [0.2, 0.25) is 5.91 Å². The molecule has 1 saturated heterocycles. The second-order valence-corrected chi connectivity index (χ2v) is 10.4. The number of hydrogen-bond donors (Lipinski definition) is 1. The average molecular weight is 410 g/mol. The second-order valence-electron chi connectivity index (χ2n) is 8.26. The number of hydrogen-bond acceptors (Lipinski definition) is 5. The van der Waals surface area contributed by atoms with Crippen molar-refractivity contribution in [1.82, 2.24) is 23.5 Å². The van der Waals surface area contributed by atoms with Crippen molar-refractivity contribution in [2.24, 2.45) is 11.8 Å². The SMILES string of the molecule is CC1CC1C(=O)N1CCCC1c1nc2c(c(=O)[nH]1)CCN(S(=O)(=O)N(C)C)C2. The monoisotopic (exact) mass is 409 g/mol. The zero-order valence-corrected chi connectivity index (χ0v) is 17.3. The number of carbonyl (C=O) groups excluding carboxylic acids is 1. The molecule has 0 bridgehead atoms. The van der Waals surface area contributed by atoms with Crippen LogP contribution in [-0.4, -0.2) is 65.0 Å². The first-order chi connectivity index (χ1) is 13.2.